The first-order valence-corrected chi connectivity index (χ1v) is 9.68. The quantitative estimate of drug-likeness (QED) is 0.238. The van der Waals surface area contributed by atoms with Crippen LogP contribution in [0.1, 0.15) is 30.4 Å². The van der Waals surface area contributed by atoms with Crippen molar-refractivity contribution in [1.82, 2.24) is 4.98 Å². The molecule has 0 spiro atoms. The van der Waals surface area contributed by atoms with E-state index >= 15 is 0 Å². The molecule has 184 valence electrons. The Bertz CT molecular complexity index is 922. The van der Waals surface area contributed by atoms with E-state index in [1.54, 1.807) is 6.92 Å². The Balaban J connectivity index is 2.56. The maximum atomic E-state index is 13.8. The number of aromatic nitrogens is 2. The molecule has 0 radical (unpaired) electrons. The number of methoxy groups -OCH3 is 1. The molecule has 0 aromatic carbocycles. The molecule has 0 bridgehead atoms. The fraction of sp³-hybridized carbons (Fsp3) is 0.500. The number of halogens is 6. The highest BCUT2D eigenvalue weighted by molar-refractivity contribution is 5.36. The maximum absolute atomic E-state index is 13.8. The molecule has 0 aliphatic rings. The molecule has 2 heterocycles. The van der Waals surface area contributed by atoms with E-state index in [1.165, 1.54) is 12.1 Å². The van der Waals surface area contributed by atoms with Gasteiger partial charge in [-0.15, -0.1) is 0 Å². The predicted molar refractivity (Wildman–Crippen MR) is 101 cm³/mol. The summed E-state index contributed by atoms with van der Waals surface area (Å²) >= 11 is 0. The number of rotatable bonds is 10. The zero-order chi connectivity index (χ0) is 24.9. The molecular formula is C20H22F6N2O5. The number of ether oxygens (including phenoxy) is 3. The minimum absolute atomic E-state index is 0.0147. The lowest BCUT2D eigenvalue weighted by Crippen LogP contribution is -2.56. The lowest BCUT2D eigenvalue weighted by Gasteiger charge is -2.36. The number of aliphatic hydroxyl groups excluding tert-OH is 1. The van der Waals surface area contributed by atoms with Gasteiger partial charge in [-0.3, -0.25) is 4.98 Å². The number of hydrogen-bond acceptors (Lipinski definition) is 6. The van der Waals surface area contributed by atoms with Gasteiger partial charge in [-0.2, -0.15) is 31.1 Å². The van der Waals surface area contributed by atoms with E-state index in [0.29, 0.717) is 17.2 Å². The molecule has 2 rings (SSSR count). The SMILES string of the molecule is CCCc1nc(C(OCOC)(C(F)(F)F)C(F)(F)F)ccc1Oc1ccc(CCO)[n+]([O-])c1. The number of aliphatic hydroxyl groups is 1. The van der Waals surface area contributed by atoms with Gasteiger partial charge in [0.1, 0.15) is 12.5 Å². The third-order valence-electron chi connectivity index (χ3n) is 4.53. The summed E-state index contributed by atoms with van der Waals surface area (Å²) in [5.41, 5.74) is -6.10. The molecule has 2 aromatic heterocycles. The van der Waals surface area contributed by atoms with Crippen molar-refractivity contribution in [1.29, 1.82) is 0 Å². The van der Waals surface area contributed by atoms with Crippen molar-refractivity contribution in [2.75, 3.05) is 20.5 Å². The third kappa shape index (κ3) is 5.65. The van der Waals surface area contributed by atoms with E-state index in [1.807, 2.05) is 0 Å². The van der Waals surface area contributed by atoms with E-state index < -0.39 is 30.4 Å². The van der Waals surface area contributed by atoms with Crippen LogP contribution >= 0.6 is 0 Å². The number of hydrogen-bond donors (Lipinski definition) is 1. The summed E-state index contributed by atoms with van der Waals surface area (Å²) in [5.74, 6) is -0.146. The van der Waals surface area contributed by atoms with E-state index in [2.05, 4.69) is 14.5 Å². The maximum Gasteiger partial charge on any atom is 0.432 e. The fourth-order valence-corrected chi connectivity index (χ4v) is 3.02. The fourth-order valence-electron chi connectivity index (χ4n) is 3.02. The molecular weight excluding hydrogens is 462 g/mol. The Morgan fingerprint density at radius 1 is 1.03 bits per heavy atom. The van der Waals surface area contributed by atoms with Crippen LogP contribution in [0.2, 0.25) is 0 Å². The Hall–Kier alpha value is -2.64. The minimum atomic E-state index is -5.90. The molecule has 7 nitrogen and oxygen atoms in total. The summed E-state index contributed by atoms with van der Waals surface area (Å²) < 4.78 is 97.0. The van der Waals surface area contributed by atoms with Gasteiger partial charge < -0.3 is 24.5 Å². The van der Waals surface area contributed by atoms with E-state index in [0.717, 1.165) is 19.4 Å². The van der Waals surface area contributed by atoms with Crippen molar-refractivity contribution >= 4 is 0 Å². The molecule has 13 heteroatoms. The number of pyridine rings is 2. The van der Waals surface area contributed by atoms with Gasteiger partial charge in [0.15, 0.2) is 11.4 Å². The summed E-state index contributed by atoms with van der Waals surface area (Å²) in [5, 5.41) is 20.9. The minimum Gasteiger partial charge on any atom is -0.618 e. The monoisotopic (exact) mass is 484 g/mol. The second-order valence-corrected chi connectivity index (χ2v) is 6.88. The van der Waals surface area contributed by atoms with Crippen LogP contribution in [0.15, 0.2) is 30.5 Å². The summed E-state index contributed by atoms with van der Waals surface area (Å²) in [6.07, 6.45) is -10.4. The van der Waals surface area contributed by atoms with Gasteiger partial charge in [0.25, 0.3) is 0 Å². The molecule has 0 aliphatic carbocycles. The highest BCUT2D eigenvalue weighted by atomic mass is 19.4. The Labute approximate surface area is 185 Å². The van der Waals surface area contributed by atoms with Crippen molar-refractivity contribution in [2.45, 2.75) is 44.1 Å². The average molecular weight is 484 g/mol. The molecule has 0 saturated carbocycles. The Kier molecular flexibility index (Phi) is 8.49. The number of alkyl halides is 6. The molecule has 0 aliphatic heterocycles. The van der Waals surface area contributed by atoms with Crippen LogP contribution in [0.3, 0.4) is 0 Å². The molecule has 0 atom stereocenters. The van der Waals surface area contributed by atoms with Gasteiger partial charge in [0.05, 0.1) is 24.4 Å². The summed E-state index contributed by atoms with van der Waals surface area (Å²) in [6, 6.07) is 4.17. The smallest absolute Gasteiger partial charge is 0.432 e. The molecule has 0 unspecified atom stereocenters. The lowest BCUT2D eigenvalue weighted by atomic mass is 9.96. The molecule has 0 amide bonds. The number of nitrogens with zero attached hydrogens (tertiary/aromatic N) is 2. The first-order chi connectivity index (χ1) is 15.4. The van der Waals surface area contributed by atoms with Gasteiger partial charge in [0, 0.05) is 13.2 Å². The van der Waals surface area contributed by atoms with E-state index in [4.69, 9.17) is 9.84 Å². The lowest BCUT2D eigenvalue weighted by molar-refractivity contribution is -0.614. The van der Waals surface area contributed by atoms with Crippen LogP contribution < -0.4 is 9.47 Å². The van der Waals surface area contributed by atoms with Crippen molar-refractivity contribution in [2.24, 2.45) is 0 Å². The van der Waals surface area contributed by atoms with E-state index in [9.17, 15) is 31.5 Å². The average Bonchev–Trinajstić information content (AvgIpc) is 2.70. The van der Waals surface area contributed by atoms with Crippen molar-refractivity contribution in [3.63, 3.8) is 0 Å². The standard InChI is InChI=1S/C20H22F6N2O5/c1-3-4-15-16(33-14-6-5-13(9-10-29)28(30)11-14)7-8-17(27-15)18(19(21,22)23,20(24,25)26)32-12-31-2/h5-8,11,29H,3-4,9-10,12H2,1-2H3. The van der Waals surface area contributed by atoms with Crippen LogP contribution in [-0.4, -0.2) is 43.0 Å². The van der Waals surface area contributed by atoms with Crippen LogP contribution in [-0.2, 0) is 27.9 Å². The molecule has 1 N–H and O–H groups in total. The summed E-state index contributed by atoms with van der Waals surface area (Å²) in [7, 11) is 0.887. The zero-order valence-electron chi connectivity index (χ0n) is 17.7. The molecule has 33 heavy (non-hydrogen) atoms. The second kappa shape index (κ2) is 10.5. The molecule has 0 fully saturated rings. The first-order valence-electron chi connectivity index (χ1n) is 9.68. The Morgan fingerprint density at radius 3 is 2.21 bits per heavy atom. The third-order valence-corrected chi connectivity index (χ3v) is 4.53. The van der Waals surface area contributed by atoms with Crippen LogP contribution in [0, 0.1) is 5.21 Å². The molecule has 0 saturated heterocycles. The van der Waals surface area contributed by atoms with Crippen molar-refractivity contribution in [3.05, 3.63) is 52.8 Å². The van der Waals surface area contributed by atoms with Crippen LogP contribution in [0.5, 0.6) is 11.5 Å². The van der Waals surface area contributed by atoms with Gasteiger partial charge in [0.2, 0.25) is 6.20 Å². The predicted octanol–water partition coefficient (Wildman–Crippen LogP) is 3.94. The summed E-state index contributed by atoms with van der Waals surface area (Å²) in [6.45, 7) is 0.0984. The topological polar surface area (TPSA) is 87.8 Å². The van der Waals surface area contributed by atoms with Gasteiger partial charge in [-0.1, -0.05) is 13.3 Å². The first kappa shape index (κ1) is 26.6. The zero-order valence-corrected chi connectivity index (χ0v) is 17.7. The largest absolute Gasteiger partial charge is 0.618 e. The molecule has 2 aromatic rings. The van der Waals surface area contributed by atoms with E-state index in [-0.39, 0.29) is 42.3 Å². The normalized spacial score (nSPS) is 12.8. The van der Waals surface area contributed by atoms with Crippen molar-refractivity contribution < 1.29 is 50.4 Å². The highest BCUT2D eigenvalue weighted by Crippen LogP contribution is 2.52. The van der Waals surface area contributed by atoms with Crippen molar-refractivity contribution in [3.8, 4) is 11.5 Å². The number of aryl methyl sites for hydroxylation is 1. The summed E-state index contributed by atoms with van der Waals surface area (Å²) in [4.78, 5) is 3.62. The highest BCUT2D eigenvalue weighted by Gasteiger charge is 2.74. The van der Waals surface area contributed by atoms with Gasteiger partial charge in [-0.25, -0.2) is 0 Å². The Morgan fingerprint density at radius 2 is 1.70 bits per heavy atom. The van der Waals surface area contributed by atoms with Crippen LogP contribution in [0.25, 0.3) is 0 Å². The van der Waals surface area contributed by atoms with Gasteiger partial charge in [-0.05, 0) is 24.6 Å². The second-order valence-electron chi connectivity index (χ2n) is 6.88. The van der Waals surface area contributed by atoms with Gasteiger partial charge >= 0.3 is 18.0 Å². The van der Waals surface area contributed by atoms with Crippen LogP contribution in [0.4, 0.5) is 26.3 Å².